The number of para-hydroxylation sites is 2. The predicted octanol–water partition coefficient (Wildman–Crippen LogP) is 4.21. The smallest absolute Gasteiger partial charge is 0.307 e. The van der Waals surface area contributed by atoms with E-state index in [1.807, 2.05) is 42.5 Å². The maximum absolute atomic E-state index is 11.3. The highest BCUT2D eigenvalue weighted by Gasteiger charge is 2.13. The lowest BCUT2D eigenvalue weighted by atomic mass is 10.1. The molecule has 6 heteroatoms. The summed E-state index contributed by atoms with van der Waals surface area (Å²) in [7, 11) is 0. The molecule has 3 rings (SSSR count). The summed E-state index contributed by atoms with van der Waals surface area (Å²) in [6.45, 7) is -0.0692. The van der Waals surface area contributed by atoms with Crippen LogP contribution in [0.3, 0.4) is 0 Å². The summed E-state index contributed by atoms with van der Waals surface area (Å²) < 4.78 is 6.42. The Kier molecular flexibility index (Phi) is 5.07. The Hall–Kier alpha value is -3.17. The quantitative estimate of drug-likeness (QED) is 0.720. The van der Waals surface area contributed by atoms with Gasteiger partial charge in [0.15, 0.2) is 6.61 Å². The summed E-state index contributed by atoms with van der Waals surface area (Å²) in [6, 6.07) is 16.8. The number of carboxylic acids is 1. The molecule has 0 aliphatic carbocycles. The largest absolute Gasteiger partial charge is 0.481 e. The molecular weight excluding hydrogens is 336 g/mol. The number of rotatable bonds is 6. The Morgan fingerprint density at radius 2 is 2.00 bits per heavy atom. The fourth-order valence-corrected chi connectivity index (χ4v) is 3.37. The number of carbonyl (C=O) groups is 1. The summed E-state index contributed by atoms with van der Waals surface area (Å²) in [4.78, 5) is 15.9. The van der Waals surface area contributed by atoms with Gasteiger partial charge in [-0.1, -0.05) is 30.3 Å². The third-order valence-electron chi connectivity index (χ3n) is 3.45. The number of nitriles is 1. The number of aliphatic carboxylic acids is 1. The third-order valence-corrected chi connectivity index (χ3v) is 4.56. The molecule has 3 aromatic rings. The predicted molar refractivity (Wildman–Crippen MR) is 97.3 cm³/mol. The van der Waals surface area contributed by atoms with Crippen LogP contribution >= 0.6 is 11.3 Å². The van der Waals surface area contributed by atoms with Crippen LogP contribution in [0.25, 0.3) is 21.9 Å². The third kappa shape index (κ3) is 4.03. The van der Waals surface area contributed by atoms with Gasteiger partial charge in [0.25, 0.3) is 0 Å². The van der Waals surface area contributed by atoms with E-state index < -0.39 is 5.97 Å². The van der Waals surface area contributed by atoms with Crippen LogP contribution in [0.15, 0.2) is 48.5 Å². The minimum Gasteiger partial charge on any atom is -0.481 e. The molecule has 5 nitrogen and oxygen atoms in total. The lowest BCUT2D eigenvalue weighted by molar-refractivity contribution is -0.135. The number of nitrogens with zero attached hydrogens (tertiary/aromatic N) is 2. The normalized spacial score (nSPS) is 11.2. The molecular formula is C19H14N2O3S. The second-order valence-electron chi connectivity index (χ2n) is 5.21. The lowest BCUT2D eigenvalue weighted by Gasteiger charge is -2.07. The van der Waals surface area contributed by atoms with Crippen molar-refractivity contribution in [2.75, 3.05) is 6.61 Å². The lowest BCUT2D eigenvalue weighted by Crippen LogP contribution is -1.98. The van der Waals surface area contributed by atoms with Gasteiger partial charge >= 0.3 is 5.97 Å². The van der Waals surface area contributed by atoms with Gasteiger partial charge in [0.2, 0.25) is 0 Å². The first-order valence-electron chi connectivity index (χ1n) is 7.54. The zero-order valence-corrected chi connectivity index (χ0v) is 14.0. The fourth-order valence-electron chi connectivity index (χ4n) is 2.39. The van der Waals surface area contributed by atoms with Gasteiger partial charge in [0, 0.05) is 5.56 Å². The topological polar surface area (TPSA) is 83.2 Å². The molecule has 1 heterocycles. The highest BCUT2D eigenvalue weighted by atomic mass is 32.1. The number of aromatic nitrogens is 1. The molecule has 0 saturated carbocycles. The number of ether oxygens (including phenoxy) is 1. The Bertz CT molecular complexity index is 952. The minimum atomic E-state index is -0.930. The van der Waals surface area contributed by atoms with Gasteiger partial charge in [-0.25, -0.2) is 4.98 Å². The number of carboxylic acid groups (broad SMARTS) is 1. The van der Waals surface area contributed by atoms with Gasteiger partial charge in [-0.15, -0.1) is 11.3 Å². The van der Waals surface area contributed by atoms with Crippen molar-refractivity contribution in [1.29, 1.82) is 5.26 Å². The molecule has 0 unspecified atom stereocenters. The number of fused-ring (bicyclic) bond motifs is 1. The molecule has 2 aromatic carbocycles. The second-order valence-corrected chi connectivity index (χ2v) is 6.24. The van der Waals surface area contributed by atoms with Crippen LogP contribution in [0.2, 0.25) is 0 Å². The van der Waals surface area contributed by atoms with E-state index in [4.69, 9.17) is 10.00 Å². The molecule has 0 aliphatic rings. The van der Waals surface area contributed by atoms with Crippen LogP contribution in [-0.2, 0) is 4.79 Å². The van der Waals surface area contributed by atoms with Crippen molar-refractivity contribution in [1.82, 2.24) is 4.98 Å². The highest BCUT2D eigenvalue weighted by molar-refractivity contribution is 7.19. The first-order valence-corrected chi connectivity index (χ1v) is 8.36. The van der Waals surface area contributed by atoms with Crippen molar-refractivity contribution in [3.63, 3.8) is 0 Å². The number of benzene rings is 2. The summed E-state index contributed by atoms with van der Waals surface area (Å²) >= 11 is 1.45. The van der Waals surface area contributed by atoms with Crippen LogP contribution in [0.4, 0.5) is 0 Å². The fraction of sp³-hybridized carbons (Fsp3) is 0.105. The monoisotopic (exact) mass is 350 g/mol. The molecule has 0 aliphatic heterocycles. The Morgan fingerprint density at radius 3 is 2.76 bits per heavy atom. The minimum absolute atomic E-state index is 0.0692. The van der Waals surface area contributed by atoms with Gasteiger partial charge in [0.1, 0.15) is 16.8 Å². The van der Waals surface area contributed by atoms with Crippen molar-refractivity contribution in [2.24, 2.45) is 0 Å². The highest BCUT2D eigenvalue weighted by Crippen LogP contribution is 2.32. The van der Waals surface area contributed by atoms with E-state index in [2.05, 4.69) is 4.98 Å². The van der Waals surface area contributed by atoms with Crippen LogP contribution < -0.4 is 4.74 Å². The molecule has 25 heavy (non-hydrogen) atoms. The molecule has 0 atom stereocenters. The van der Waals surface area contributed by atoms with Crippen LogP contribution in [0.1, 0.15) is 17.0 Å². The van der Waals surface area contributed by atoms with Gasteiger partial charge in [0.05, 0.1) is 16.6 Å². The molecule has 0 spiro atoms. The van der Waals surface area contributed by atoms with Crippen molar-refractivity contribution in [2.45, 2.75) is 6.42 Å². The summed E-state index contributed by atoms with van der Waals surface area (Å²) in [5, 5.41) is 18.6. The maximum Gasteiger partial charge on any atom is 0.307 e. The first-order chi connectivity index (χ1) is 12.2. The zero-order valence-electron chi connectivity index (χ0n) is 13.2. The van der Waals surface area contributed by atoms with Crippen LogP contribution in [-0.4, -0.2) is 22.7 Å². The molecule has 0 fully saturated rings. The van der Waals surface area contributed by atoms with Crippen molar-refractivity contribution >= 4 is 39.2 Å². The molecule has 0 bridgehead atoms. The molecule has 124 valence electrons. The average Bonchev–Trinajstić information content (AvgIpc) is 3.04. The standard InChI is InChI=1S/C19H14N2O3S/c20-9-10-24-16-7-3-1-5-13(16)11-14(12-18(22)23)19-21-15-6-2-4-8-17(15)25-19/h1-8,11H,10,12H2,(H,22,23)/b14-11+. The van der Waals surface area contributed by atoms with Crippen LogP contribution in [0.5, 0.6) is 5.75 Å². The SMILES string of the molecule is N#CCOc1ccccc1/C=C(\CC(=O)O)c1nc2ccccc2s1. The van der Waals surface area contributed by atoms with E-state index in [0.717, 1.165) is 10.2 Å². The Labute approximate surface area is 148 Å². The average molecular weight is 350 g/mol. The van der Waals surface area contributed by atoms with Gasteiger partial charge in [-0.3, -0.25) is 4.79 Å². The summed E-state index contributed by atoms with van der Waals surface area (Å²) in [5.41, 5.74) is 2.16. The molecule has 0 amide bonds. The molecule has 0 radical (unpaired) electrons. The van der Waals surface area contributed by atoms with Crippen molar-refractivity contribution in [3.05, 3.63) is 59.1 Å². The summed E-state index contributed by atoms with van der Waals surface area (Å²) in [5.74, 6) is -0.394. The number of hydrogen-bond acceptors (Lipinski definition) is 5. The maximum atomic E-state index is 11.3. The number of thiazole rings is 1. The van der Waals surface area contributed by atoms with E-state index in [9.17, 15) is 9.90 Å². The van der Waals surface area contributed by atoms with E-state index in [0.29, 0.717) is 21.9 Å². The van der Waals surface area contributed by atoms with E-state index in [1.165, 1.54) is 11.3 Å². The zero-order chi connectivity index (χ0) is 17.6. The van der Waals surface area contributed by atoms with E-state index in [1.54, 1.807) is 18.2 Å². The molecule has 1 aromatic heterocycles. The Morgan fingerprint density at radius 1 is 1.24 bits per heavy atom. The Balaban J connectivity index is 2.05. The molecule has 1 N–H and O–H groups in total. The summed E-state index contributed by atoms with van der Waals surface area (Å²) in [6.07, 6.45) is 1.62. The first kappa shape index (κ1) is 16.7. The van der Waals surface area contributed by atoms with Crippen molar-refractivity contribution in [3.8, 4) is 11.8 Å². The van der Waals surface area contributed by atoms with Gasteiger partial charge in [-0.2, -0.15) is 5.26 Å². The molecule has 0 saturated heterocycles. The second kappa shape index (κ2) is 7.60. The van der Waals surface area contributed by atoms with Crippen LogP contribution in [0, 0.1) is 11.3 Å². The van der Waals surface area contributed by atoms with Gasteiger partial charge < -0.3 is 9.84 Å². The van der Waals surface area contributed by atoms with Crippen molar-refractivity contribution < 1.29 is 14.6 Å². The van der Waals surface area contributed by atoms with E-state index >= 15 is 0 Å². The van der Waals surface area contributed by atoms with Gasteiger partial charge in [-0.05, 0) is 29.8 Å². The van der Waals surface area contributed by atoms with E-state index in [-0.39, 0.29) is 13.0 Å². The number of hydrogen-bond donors (Lipinski definition) is 1.